The van der Waals surface area contributed by atoms with Crippen LogP contribution in [-0.4, -0.2) is 33.4 Å². The fraction of sp³-hybridized carbons (Fsp3) is 0.192. The standard InChI is InChI=1S/C26H23N3O5/c1-3-12-33-19-11-10-16(14-15(19)2)23(30)21-22(20-9-6-13-34-20)29(25(32)24(21)31)26-27-17-7-4-5-8-18(17)28-26/h4-11,13-14,22,30H,3,12H2,1-2H3,(H,27,28)/b23-21+. The zero-order valence-corrected chi connectivity index (χ0v) is 18.7. The molecule has 1 atom stereocenters. The fourth-order valence-electron chi connectivity index (χ4n) is 4.15. The molecule has 1 aliphatic heterocycles. The highest BCUT2D eigenvalue weighted by atomic mass is 16.5. The Morgan fingerprint density at radius 3 is 2.71 bits per heavy atom. The van der Waals surface area contributed by atoms with Gasteiger partial charge in [-0.05, 0) is 61.4 Å². The SMILES string of the molecule is CCCOc1ccc(/C(O)=C2\C(=O)C(=O)N(c3nc4ccccc4[nH]3)C2c2ccco2)cc1C. The minimum atomic E-state index is -0.980. The topological polar surface area (TPSA) is 109 Å². The summed E-state index contributed by atoms with van der Waals surface area (Å²) in [6.07, 6.45) is 2.33. The highest BCUT2D eigenvalue weighted by molar-refractivity contribution is 6.51. The van der Waals surface area contributed by atoms with Crippen molar-refractivity contribution in [2.45, 2.75) is 26.3 Å². The maximum absolute atomic E-state index is 13.2. The van der Waals surface area contributed by atoms with E-state index < -0.39 is 17.7 Å². The lowest BCUT2D eigenvalue weighted by molar-refractivity contribution is -0.132. The summed E-state index contributed by atoms with van der Waals surface area (Å²) >= 11 is 0. The third-order valence-corrected chi connectivity index (χ3v) is 5.77. The van der Waals surface area contributed by atoms with E-state index in [1.807, 2.05) is 32.0 Å². The molecule has 2 N–H and O–H groups in total. The highest BCUT2D eigenvalue weighted by Crippen LogP contribution is 2.42. The number of carbonyl (C=O) groups is 2. The molecule has 8 nitrogen and oxygen atoms in total. The van der Waals surface area contributed by atoms with Crippen LogP contribution in [0.3, 0.4) is 0 Å². The number of anilines is 1. The van der Waals surface area contributed by atoms with Crippen LogP contribution in [0.15, 0.2) is 70.9 Å². The lowest BCUT2D eigenvalue weighted by Crippen LogP contribution is -2.30. The van der Waals surface area contributed by atoms with Crippen LogP contribution in [0.2, 0.25) is 0 Å². The first-order valence-corrected chi connectivity index (χ1v) is 11.0. The molecule has 5 rings (SSSR count). The van der Waals surface area contributed by atoms with Gasteiger partial charge in [-0.15, -0.1) is 0 Å². The summed E-state index contributed by atoms with van der Waals surface area (Å²) in [5, 5.41) is 11.2. The number of nitrogens with one attached hydrogen (secondary N) is 1. The van der Waals surface area contributed by atoms with Crippen LogP contribution in [0.5, 0.6) is 5.75 Å². The van der Waals surface area contributed by atoms with E-state index in [1.54, 1.807) is 36.4 Å². The number of aromatic amines is 1. The number of imidazole rings is 1. The van der Waals surface area contributed by atoms with Crippen LogP contribution in [0, 0.1) is 6.92 Å². The second-order valence-electron chi connectivity index (χ2n) is 8.09. The smallest absolute Gasteiger partial charge is 0.302 e. The van der Waals surface area contributed by atoms with Gasteiger partial charge >= 0.3 is 5.91 Å². The molecule has 1 unspecified atom stereocenters. The number of amides is 1. The van der Waals surface area contributed by atoms with Crippen LogP contribution in [0.4, 0.5) is 5.95 Å². The van der Waals surface area contributed by atoms with Gasteiger partial charge in [-0.25, -0.2) is 4.98 Å². The number of aryl methyl sites for hydroxylation is 1. The molecular weight excluding hydrogens is 434 g/mol. The Hall–Kier alpha value is -4.33. The number of fused-ring (bicyclic) bond motifs is 1. The number of carbonyl (C=O) groups excluding carboxylic acids is 2. The Kier molecular flexibility index (Phi) is 5.41. The van der Waals surface area contributed by atoms with Crippen molar-refractivity contribution in [3.8, 4) is 5.75 Å². The zero-order valence-electron chi connectivity index (χ0n) is 18.7. The van der Waals surface area contributed by atoms with E-state index >= 15 is 0 Å². The molecule has 0 bridgehead atoms. The molecule has 3 heterocycles. The van der Waals surface area contributed by atoms with Gasteiger partial charge < -0.3 is 19.2 Å². The predicted molar refractivity (Wildman–Crippen MR) is 127 cm³/mol. The lowest BCUT2D eigenvalue weighted by atomic mass is 9.98. The number of Topliss-reactive ketones (excluding diaryl/α,β-unsaturated/α-hetero) is 1. The molecule has 4 aromatic rings. The first-order chi connectivity index (χ1) is 16.5. The van der Waals surface area contributed by atoms with Gasteiger partial charge in [0.05, 0.1) is 29.5 Å². The second kappa shape index (κ2) is 8.55. The number of nitrogens with zero attached hydrogens (tertiary/aromatic N) is 2. The molecule has 34 heavy (non-hydrogen) atoms. The molecule has 2 aromatic carbocycles. The number of furan rings is 1. The van der Waals surface area contributed by atoms with Crippen molar-refractivity contribution in [1.82, 2.24) is 9.97 Å². The van der Waals surface area contributed by atoms with Crippen LogP contribution >= 0.6 is 0 Å². The second-order valence-corrected chi connectivity index (χ2v) is 8.09. The van der Waals surface area contributed by atoms with Crippen LogP contribution < -0.4 is 9.64 Å². The summed E-state index contributed by atoms with van der Waals surface area (Å²) in [6, 6.07) is 14.8. The number of ether oxygens (including phenoxy) is 1. The summed E-state index contributed by atoms with van der Waals surface area (Å²) < 4.78 is 11.3. The third-order valence-electron chi connectivity index (χ3n) is 5.77. The van der Waals surface area contributed by atoms with Crippen molar-refractivity contribution in [3.63, 3.8) is 0 Å². The number of benzene rings is 2. The third kappa shape index (κ3) is 3.53. The molecule has 2 aromatic heterocycles. The van der Waals surface area contributed by atoms with E-state index in [9.17, 15) is 14.7 Å². The molecule has 0 saturated carbocycles. The Balaban J connectivity index is 1.64. The van der Waals surface area contributed by atoms with E-state index in [0.717, 1.165) is 17.5 Å². The number of para-hydroxylation sites is 2. The van der Waals surface area contributed by atoms with Gasteiger partial charge in [-0.3, -0.25) is 14.5 Å². The maximum atomic E-state index is 13.2. The minimum absolute atomic E-state index is 0.0676. The van der Waals surface area contributed by atoms with E-state index in [0.29, 0.717) is 29.2 Å². The Bertz CT molecular complexity index is 1380. The van der Waals surface area contributed by atoms with Crippen molar-refractivity contribution in [1.29, 1.82) is 0 Å². The number of rotatable bonds is 6. The molecule has 1 saturated heterocycles. The molecule has 0 radical (unpaired) electrons. The minimum Gasteiger partial charge on any atom is -0.507 e. The molecule has 1 amide bonds. The van der Waals surface area contributed by atoms with Gasteiger partial charge in [0.15, 0.2) is 0 Å². The molecule has 8 heteroatoms. The van der Waals surface area contributed by atoms with Crippen molar-refractivity contribution in [3.05, 3.63) is 83.3 Å². The van der Waals surface area contributed by atoms with Crippen LogP contribution in [0.25, 0.3) is 16.8 Å². The molecule has 172 valence electrons. The van der Waals surface area contributed by atoms with Crippen LogP contribution in [-0.2, 0) is 9.59 Å². The van der Waals surface area contributed by atoms with E-state index in [2.05, 4.69) is 9.97 Å². The molecule has 1 fully saturated rings. The molecule has 1 aliphatic rings. The van der Waals surface area contributed by atoms with Gasteiger partial charge in [-0.2, -0.15) is 0 Å². The van der Waals surface area contributed by atoms with E-state index in [1.165, 1.54) is 11.2 Å². The number of hydrogen-bond donors (Lipinski definition) is 2. The number of aliphatic hydroxyl groups excluding tert-OH is 1. The monoisotopic (exact) mass is 457 g/mol. The molecule has 0 aliphatic carbocycles. The number of ketones is 1. The predicted octanol–water partition coefficient (Wildman–Crippen LogP) is 4.88. The highest BCUT2D eigenvalue weighted by Gasteiger charge is 2.49. The average Bonchev–Trinajstić information content (AvgIpc) is 3.56. The number of aliphatic hydroxyl groups is 1. The first kappa shape index (κ1) is 21.5. The number of H-pyrrole nitrogens is 1. The molecule has 0 spiro atoms. The lowest BCUT2D eigenvalue weighted by Gasteiger charge is -2.20. The van der Waals surface area contributed by atoms with Crippen LogP contribution in [0.1, 0.15) is 36.3 Å². The molecular formula is C26H23N3O5. The van der Waals surface area contributed by atoms with Gasteiger partial charge in [0, 0.05) is 5.56 Å². The summed E-state index contributed by atoms with van der Waals surface area (Å²) in [6.45, 7) is 4.46. The van der Waals surface area contributed by atoms with Gasteiger partial charge in [-0.1, -0.05) is 19.1 Å². The quantitative estimate of drug-likeness (QED) is 0.243. The van der Waals surface area contributed by atoms with E-state index in [-0.39, 0.29) is 17.3 Å². The van der Waals surface area contributed by atoms with Gasteiger partial charge in [0.2, 0.25) is 5.95 Å². The van der Waals surface area contributed by atoms with Crippen molar-refractivity contribution >= 4 is 34.4 Å². The van der Waals surface area contributed by atoms with Gasteiger partial charge in [0.25, 0.3) is 5.78 Å². The van der Waals surface area contributed by atoms with Crippen molar-refractivity contribution < 1.29 is 23.8 Å². The Morgan fingerprint density at radius 1 is 1.18 bits per heavy atom. The summed E-state index contributed by atoms with van der Waals surface area (Å²) in [5.41, 5.74) is 2.51. The number of aromatic nitrogens is 2. The Morgan fingerprint density at radius 2 is 2.00 bits per heavy atom. The summed E-state index contributed by atoms with van der Waals surface area (Å²) in [7, 11) is 0. The zero-order chi connectivity index (χ0) is 23.8. The van der Waals surface area contributed by atoms with Crippen molar-refractivity contribution in [2.24, 2.45) is 0 Å². The fourth-order valence-corrected chi connectivity index (χ4v) is 4.15. The summed E-state index contributed by atoms with van der Waals surface area (Å²) in [4.78, 5) is 35.2. The Labute approximate surface area is 195 Å². The average molecular weight is 457 g/mol. The summed E-state index contributed by atoms with van der Waals surface area (Å²) in [5.74, 6) is -0.679. The van der Waals surface area contributed by atoms with Gasteiger partial charge in [0.1, 0.15) is 23.3 Å². The van der Waals surface area contributed by atoms with E-state index in [4.69, 9.17) is 9.15 Å². The maximum Gasteiger partial charge on any atom is 0.302 e. The van der Waals surface area contributed by atoms with Crippen molar-refractivity contribution in [2.75, 3.05) is 11.5 Å². The number of hydrogen-bond acceptors (Lipinski definition) is 6. The normalized spacial score (nSPS) is 17.6. The first-order valence-electron chi connectivity index (χ1n) is 11.0. The largest absolute Gasteiger partial charge is 0.507 e.